The van der Waals surface area contributed by atoms with Gasteiger partial charge in [-0.1, -0.05) is 0 Å². The fourth-order valence-electron chi connectivity index (χ4n) is 1.74. The number of hydrogen-bond acceptors (Lipinski definition) is 6. The zero-order chi connectivity index (χ0) is 17.6. The van der Waals surface area contributed by atoms with Crippen LogP contribution in [0.2, 0.25) is 0 Å². The zero-order valence-corrected chi connectivity index (χ0v) is 13.3. The Hall–Kier alpha value is -2.64. The van der Waals surface area contributed by atoms with Gasteiger partial charge in [0.1, 0.15) is 11.4 Å². The minimum absolute atomic E-state index is 0.137. The van der Waals surface area contributed by atoms with Crippen LogP contribution >= 0.6 is 0 Å². The van der Waals surface area contributed by atoms with Gasteiger partial charge in [-0.05, 0) is 33.3 Å². The molecule has 126 valence electrons. The van der Waals surface area contributed by atoms with Gasteiger partial charge in [-0.2, -0.15) is 0 Å². The van der Waals surface area contributed by atoms with E-state index >= 15 is 0 Å². The Bertz CT molecular complexity index is 606. The number of benzene rings is 1. The third kappa shape index (κ3) is 6.33. The Morgan fingerprint density at radius 2 is 2.00 bits per heavy atom. The molecule has 0 bridgehead atoms. The summed E-state index contributed by atoms with van der Waals surface area (Å²) in [5, 5.41) is 22.8. The average Bonchev–Trinajstić information content (AvgIpc) is 2.41. The highest BCUT2D eigenvalue weighted by atomic mass is 16.6. The molecule has 0 fully saturated rings. The van der Waals surface area contributed by atoms with Gasteiger partial charge in [-0.25, -0.2) is 0 Å². The molecular formula is C15H20N2O6. The molecule has 0 saturated carbocycles. The van der Waals surface area contributed by atoms with Crippen LogP contribution in [0.3, 0.4) is 0 Å². The molecule has 0 spiro atoms. The number of nitrogens with zero attached hydrogens (tertiary/aromatic N) is 1. The smallest absolute Gasteiger partial charge is 0.306 e. The minimum atomic E-state index is -0.654. The van der Waals surface area contributed by atoms with Gasteiger partial charge in [-0.3, -0.25) is 19.7 Å². The third-order valence-electron chi connectivity index (χ3n) is 2.70. The molecule has 8 heteroatoms. The number of nitro groups is 1. The summed E-state index contributed by atoms with van der Waals surface area (Å²) in [7, 11) is 0. The molecule has 0 aliphatic carbocycles. The summed E-state index contributed by atoms with van der Waals surface area (Å²) in [4.78, 5) is 33.4. The van der Waals surface area contributed by atoms with Gasteiger partial charge in [0.25, 0.3) is 11.6 Å². The maximum absolute atomic E-state index is 11.9. The number of carbonyl (C=O) groups is 2. The molecule has 1 rings (SSSR count). The Kier molecular flexibility index (Phi) is 6.06. The molecular weight excluding hydrogens is 304 g/mol. The topological polar surface area (TPSA) is 119 Å². The van der Waals surface area contributed by atoms with E-state index < -0.39 is 16.4 Å². The lowest BCUT2D eigenvalue weighted by Crippen LogP contribution is -2.27. The highest BCUT2D eigenvalue weighted by Gasteiger charge is 2.17. The Morgan fingerprint density at radius 3 is 2.57 bits per heavy atom. The predicted octanol–water partition coefficient (Wildman–Crippen LogP) is 2.15. The monoisotopic (exact) mass is 324 g/mol. The molecule has 0 aliphatic rings. The quantitative estimate of drug-likeness (QED) is 0.358. The molecule has 1 aromatic carbocycles. The van der Waals surface area contributed by atoms with Crippen molar-refractivity contribution in [3.8, 4) is 5.75 Å². The van der Waals surface area contributed by atoms with Gasteiger partial charge in [-0.15, -0.1) is 0 Å². The summed E-state index contributed by atoms with van der Waals surface area (Å²) in [6.45, 7) is 5.47. The van der Waals surface area contributed by atoms with Crippen molar-refractivity contribution in [3.63, 3.8) is 0 Å². The number of nitrogens with one attached hydrogen (secondary N) is 1. The first kappa shape index (κ1) is 18.4. The molecule has 0 heterocycles. The molecule has 0 aliphatic heterocycles. The predicted molar refractivity (Wildman–Crippen MR) is 82.2 cm³/mol. The molecule has 0 radical (unpaired) electrons. The van der Waals surface area contributed by atoms with Gasteiger partial charge >= 0.3 is 5.97 Å². The number of aromatic hydroxyl groups is 1. The number of carbonyl (C=O) groups excluding carboxylic acids is 2. The largest absolute Gasteiger partial charge is 0.507 e. The van der Waals surface area contributed by atoms with Crippen LogP contribution in [0.5, 0.6) is 5.75 Å². The summed E-state index contributed by atoms with van der Waals surface area (Å²) in [5.41, 5.74) is -1.03. The second-order valence-electron chi connectivity index (χ2n) is 5.90. The summed E-state index contributed by atoms with van der Waals surface area (Å²) >= 11 is 0. The molecule has 23 heavy (non-hydrogen) atoms. The van der Waals surface area contributed by atoms with Crippen molar-refractivity contribution in [2.24, 2.45) is 0 Å². The highest BCUT2D eigenvalue weighted by Crippen LogP contribution is 2.22. The van der Waals surface area contributed by atoms with Crippen LogP contribution < -0.4 is 5.32 Å². The van der Waals surface area contributed by atoms with Crippen molar-refractivity contribution in [1.29, 1.82) is 0 Å². The van der Waals surface area contributed by atoms with Gasteiger partial charge in [0.05, 0.1) is 10.5 Å². The molecule has 1 amide bonds. The van der Waals surface area contributed by atoms with Crippen molar-refractivity contribution in [1.82, 2.24) is 5.32 Å². The first-order valence-corrected chi connectivity index (χ1v) is 7.07. The minimum Gasteiger partial charge on any atom is -0.507 e. The maximum atomic E-state index is 11.9. The fourth-order valence-corrected chi connectivity index (χ4v) is 1.74. The number of hydrogen-bond donors (Lipinski definition) is 2. The van der Waals surface area contributed by atoms with E-state index in [0.29, 0.717) is 6.42 Å². The maximum Gasteiger partial charge on any atom is 0.306 e. The van der Waals surface area contributed by atoms with Crippen molar-refractivity contribution >= 4 is 17.6 Å². The Morgan fingerprint density at radius 1 is 1.35 bits per heavy atom. The van der Waals surface area contributed by atoms with Gasteiger partial charge in [0, 0.05) is 25.1 Å². The van der Waals surface area contributed by atoms with Crippen LogP contribution in [0.25, 0.3) is 0 Å². The lowest BCUT2D eigenvalue weighted by molar-refractivity contribution is -0.384. The zero-order valence-electron chi connectivity index (χ0n) is 13.3. The first-order chi connectivity index (χ1) is 10.6. The molecule has 8 nitrogen and oxygen atoms in total. The number of phenols is 1. The van der Waals surface area contributed by atoms with Crippen LogP contribution in [0, 0.1) is 10.1 Å². The lowest BCUT2D eigenvalue weighted by atomic mass is 10.1. The van der Waals surface area contributed by atoms with Crippen molar-refractivity contribution in [3.05, 3.63) is 33.9 Å². The average molecular weight is 324 g/mol. The van der Waals surface area contributed by atoms with Crippen LogP contribution in [0.1, 0.15) is 44.0 Å². The van der Waals surface area contributed by atoms with Gasteiger partial charge in [0.2, 0.25) is 0 Å². The SMILES string of the molecule is CC(C)(C)OC(=O)CCCNC(=O)c1cc([N+](=O)[O-])ccc1O. The van der Waals surface area contributed by atoms with Crippen LogP contribution in [0.15, 0.2) is 18.2 Å². The van der Waals surface area contributed by atoms with Crippen molar-refractivity contribution < 1.29 is 24.4 Å². The summed E-state index contributed by atoms with van der Waals surface area (Å²) < 4.78 is 5.12. The molecule has 0 saturated heterocycles. The first-order valence-electron chi connectivity index (χ1n) is 7.07. The van der Waals surface area contributed by atoms with Crippen molar-refractivity contribution in [2.45, 2.75) is 39.2 Å². The molecule has 0 aromatic heterocycles. The standard InChI is InChI=1S/C15H20N2O6/c1-15(2,3)23-13(19)5-4-8-16-14(20)11-9-10(17(21)22)6-7-12(11)18/h6-7,9,18H,4-5,8H2,1-3H3,(H,16,20). The van der Waals surface area contributed by atoms with E-state index in [-0.39, 0.29) is 35.9 Å². The second kappa shape index (κ2) is 7.57. The summed E-state index contributed by atoms with van der Waals surface area (Å²) in [6, 6.07) is 3.20. The number of amides is 1. The summed E-state index contributed by atoms with van der Waals surface area (Å²) in [6.07, 6.45) is 0.495. The van der Waals surface area contributed by atoms with Gasteiger partial charge < -0.3 is 15.2 Å². The fraction of sp³-hybridized carbons (Fsp3) is 0.467. The summed E-state index contributed by atoms with van der Waals surface area (Å²) in [5.74, 6) is -1.36. The van der Waals surface area contributed by atoms with E-state index in [1.807, 2.05) is 0 Å². The molecule has 1 aromatic rings. The van der Waals surface area contributed by atoms with E-state index in [0.717, 1.165) is 18.2 Å². The molecule has 0 atom stereocenters. The van der Waals surface area contributed by atoms with Crippen LogP contribution in [-0.4, -0.2) is 34.1 Å². The number of phenolic OH excluding ortho intramolecular Hbond substituents is 1. The third-order valence-corrected chi connectivity index (χ3v) is 2.70. The number of ether oxygens (including phenoxy) is 1. The van der Waals surface area contributed by atoms with E-state index in [2.05, 4.69) is 5.32 Å². The number of rotatable bonds is 6. The van der Waals surface area contributed by atoms with E-state index in [9.17, 15) is 24.8 Å². The van der Waals surface area contributed by atoms with Crippen LogP contribution in [0.4, 0.5) is 5.69 Å². The normalized spacial score (nSPS) is 10.9. The molecule has 0 unspecified atom stereocenters. The number of nitro benzene ring substituents is 1. The van der Waals surface area contributed by atoms with Crippen molar-refractivity contribution in [2.75, 3.05) is 6.54 Å². The molecule has 2 N–H and O–H groups in total. The van der Waals surface area contributed by atoms with E-state index in [1.54, 1.807) is 20.8 Å². The Labute approximate surface area is 133 Å². The highest BCUT2D eigenvalue weighted by molar-refractivity contribution is 5.97. The van der Waals surface area contributed by atoms with Crippen LogP contribution in [-0.2, 0) is 9.53 Å². The van der Waals surface area contributed by atoms with Gasteiger partial charge in [0.15, 0.2) is 0 Å². The Balaban J connectivity index is 2.50. The van der Waals surface area contributed by atoms with E-state index in [4.69, 9.17) is 4.74 Å². The number of non-ortho nitro benzene ring substituents is 1. The van der Waals surface area contributed by atoms with E-state index in [1.165, 1.54) is 0 Å². The number of esters is 1. The second-order valence-corrected chi connectivity index (χ2v) is 5.90. The lowest BCUT2D eigenvalue weighted by Gasteiger charge is -2.19.